The third-order valence-corrected chi connectivity index (χ3v) is 3.09. The zero-order chi connectivity index (χ0) is 25.3. The van der Waals surface area contributed by atoms with Gasteiger partial charge in [0.25, 0.3) is 0 Å². The van der Waals surface area contributed by atoms with Crippen molar-refractivity contribution in [3.8, 4) is 0 Å². The Morgan fingerprint density at radius 3 is 1.47 bits per heavy atom. The molecule has 1 aromatic carbocycles. The van der Waals surface area contributed by atoms with Crippen LogP contribution < -0.4 is 5.73 Å². The molecule has 1 atom stereocenters. The van der Waals surface area contributed by atoms with Gasteiger partial charge in [0.2, 0.25) is 0 Å². The molecule has 0 radical (unpaired) electrons. The summed E-state index contributed by atoms with van der Waals surface area (Å²) in [4.78, 5) is 21.9. The fourth-order valence-electron chi connectivity index (χ4n) is 1.61. The molecular weight excluding hydrogens is 467 g/mol. The molecule has 4 N–H and O–H groups in total. The second-order valence-corrected chi connectivity index (χ2v) is 5.46. The summed E-state index contributed by atoms with van der Waals surface area (Å²) in [5, 5.41) is 14.2. The molecule has 0 spiro atoms. The van der Waals surface area contributed by atoms with Gasteiger partial charge in [0.1, 0.15) is 0 Å². The number of benzene rings is 1. The van der Waals surface area contributed by atoms with Gasteiger partial charge in [-0.2, -0.15) is 39.5 Å². The molecule has 2 rings (SSSR count). The first-order chi connectivity index (χ1) is 14.4. The van der Waals surface area contributed by atoms with E-state index in [2.05, 4.69) is 4.98 Å². The third-order valence-electron chi connectivity index (χ3n) is 3.09. The van der Waals surface area contributed by atoms with Gasteiger partial charge >= 0.3 is 30.5 Å². The van der Waals surface area contributed by atoms with Crippen molar-refractivity contribution in [1.29, 1.82) is 0 Å². The van der Waals surface area contributed by atoms with E-state index in [4.69, 9.17) is 25.5 Å². The fraction of sp³-hybridized carbons (Fsp3) is 0.235. The lowest BCUT2D eigenvalue weighted by molar-refractivity contribution is -0.193. The zero-order valence-electron chi connectivity index (χ0n) is 15.3. The number of pyridine rings is 1. The van der Waals surface area contributed by atoms with Gasteiger partial charge in [-0.05, 0) is 29.8 Å². The lowest BCUT2D eigenvalue weighted by Gasteiger charge is -2.13. The van der Waals surface area contributed by atoms with Crippen LogP contribution in [0.4, 0.5) is 39.5 Å². The smallest absolute Gasteiger partial charge is 0.475 e. The monoisotopic (exact) mass is 480 g/mol. The number of nitrogens with two attached hydrogens (primary N) is 1. The Bertz CT molecular complexity index is 841. The highest BCUT2D eigenvalue weighted by Crippen LogP contribution is 2.30. The molecule has 6 nitrogen and oxygen atoms in total. The number of carboxylic acids is 2. The van der Waals surface area contributed by atoms with E-state index in [1.165, 1.54) is 12.1 Å². The number of carboxylic acid groups (broad SMARTS) is 2. The number of hydrogen-bond acceptors (Lipinski definition) is 4. The summed E-state index contributed by atoms with van der Waals surface area (Å²) in [5.74, 6) is -5.51. The number of halogens is 9. The molecule has 0 aliphatic carbocycles. The Labute approximate surface area is 173 Å². The number of aliphatic carboxylic acids is 2. The quantitative estimate of drug-likeness (QED) is 0.549. The molecule has 0 aliphatic rings. The molecule has 1 heterocycles. The summed E-state index contributed by atoms with van der Waals surface area (Å²) in [6.45, 7) is 0. The van der Waals surface area contributed by atoms with Crippen LogP contribution in [-0.4, -0.2) is 39.5 Å². The Morgan fingerprint density at radius 2 is 1.19 bits per heavy atom. The summed E-state index contributed by atoms with van der Waals surface area (Å²) >= 11 is 0. The van der Waals surface area contributed by atoms with Crippen molar-refractivity contribution in [2.45, 2.75) is 24.6 Å². The molecule has 32 heavy (non-hydrogen) atoms. The van der Waals surface area contributed by atoms with Gasteiger partial charge in [-0.3, -0.25) is 4.98 Å². The Balaban J connectivity index is 0.000000570. The largest absolute Gasteiger partial charge is 0.490 e. The minimum absolute atomic E-state index is 0.520. The second kappa shape index (κ2) is 11.3. The molecule has 1 aromatic heterocycles. The van der Waals surface area contributed by atoms with Gasteiger partial charge in [0.05, 0.1) is 17.3 Å². The zero-order valence-corrected chi connectivity index (χ0v) is 15.3. The van der Waals surface area contributed by atoms with Crippen molar-refractivity contribution >= 4 is 11.9 Å². The summed E-state index contributed by atoms with van der Waals surface area (Å²) in [5.41, 5.74) is 6.47. The van der Waals surface area contributed by atoms with Crippen LogP contribution in [-0.2, 0) is 15.8 Å². The third kappa shape index (κ3) is 10.6. The summed E-state index contributed by atoms with van der Waals surface area (Å²) < 4.78 is 101. The molecule has 0 fully saturated rings. The van der Waals surface area contributed by atoms with Crippen LogP contribution in [0.3, 0.4) is 0 Å². The number of aromatic nitrogens is 1. The van der Waals surface area contributed by atoms with E-state index in [0.717, 1.165) is 12.1 Å². The molecule has 178 valence electrons. The Morgan fingerprint density at radius 1 is 0.781 bits per heavy atom. The highest BCUT2D eigenvalue weighted by atomic mass is 19.4. The van der Waals surface area contributed by atoms with Crippen molar-refractivity contribution in [1.82, 2.24) is 4.98 Å². The number of alkyl halides is 9. The highest BCUT2D eigenvalue weighted by molar-refractivity contribution is 5.73. The summed E-state index contributed by atoms with van der Waals surface area (Å²) in [6, 6.07) is 9.56. The van der Waals surface area contributed by atoms with Crippen LogP contribution in [0.15, 0.2) is 48.7 Å². The molecule has 0 saturated heterocycles. The number of carbonyl (C=O) groups is 2. The van der Waals surface area contributed by atoms with Gasteiger partial charge in [-0.25, -0.2) is 9.59 Å². The molecular formula is C17H13F9N2O4. The van der Waals surface area contributed by atoms with E-state index in [1.807, 2.05) is 0 Å². The van der Waals surface area contributed by atoms with E-state index in [0.29, 0.717) is 11.3 Å². The summed E-state index contributed by atoms with van der Waals surface area (Å²) in [6.07, 6.45) is -12.9. The molecule has 0 saturated carbocycles. The minimum Gasteiger partial charge on any atom is -0.475 e. The fourth-order valence-corrected chi connectivity index (χ4v) is 1.61. The van der Waals surface area contributed by atoms with Crippen molar-refractivity contribution < 1.29 is 59.3 Å². The van der Waals surface area contributed by atoms with Crippen molar-refractivity contribution in [3.63, 3.8) is 0 Å². The van der Waals surface area contributed by atoms with Gasteiger partial charge in [0, 0.05) is 6.20 Å². The van der Waals surface area contributed by atoms with Crippen LogP contribution >= 0.6 is 0 Å². The predicted octanol–water partition coefficient (Wildman–Crippen LogP) is 4.42. The van der Waals surface area contributed by atoms with Gasteiger partial charge in [0.15, 0.2) is 0 Å². The van der Waals surface area contributed by atoms with Crippen LogP contribution in [0.1, 0.15) is 22.9 Å². The van der Waals surface area contributed by atoms with Crippen LogP contribution in [0.5, 0.6) is 0 Å². The maximum absolute atomic E-state index is 12.4. The maximum atomic E-state index is 12.4. The lowest BCUT2D eigenvalue weighted by atomic mass is 10.0. The van der Waals surface area contributed by atoms with Crippen molar-refractivity contribution in [2.75, 3.05) is 0 Å². The standard InChI is InChI=1S/C13H11F3N2.2C2HF3O2/c14-13(15,16)10-6-4-9(5-7-10)12(17)11-3-1-2-8-18-11;2*3-2(4,5)1(6)7/h1-8,12H,17H2;2*(H,6,7)/t12-;;/m0../s1. The second-order valence-electron chi connectivity index (χ2n) is 5.46. The van der Waals surface area contributed by atoms with E-state index in [1.54, 1.807) is 24.4 Å². The van der Waals surface area contributed by atoms with Crippen LogP contribution in [0.25, 0.3) is 0 Å². The topological polar surface area (TPSA) is 114 Å². The molecule has 0 bridgehead atoms. The van der Waals surface area contributed by atoms with Crippen LogP contribution in [0, 0.1) is 0 Å². The SMILES string of the molecule is N[C@@H](c1ccc(C(F)(F)F)cc1)c1ccccn1.O=C(O)C(F)(F)F.O=C(O)C(F)(F)F. The average molecular weight is 480 g/mol. The first-order valence-electron chi connectivity index (χ1n) is 7.81. The predicted molar refractivity (Wildman–Crippen MR) is 89.1 cm³/mol. The van der Waals surface area contributed by atoms with E-state index >= 15 is 0 Å². The normalized spacial score (nSPS) is 12.4. The van der Waals surface area contributed by atoms with E-state index < -0.39 is 42.1 Å². The first kappa shape index (κ1) is 28.6. The average Bonchev–Trinajstić information content (AvgIpc) is 2.67. The number of nitrogens with zero attached hydrogens (tertiary/aromatic N) is 1. The highest BCUT2D eigenvalue weighted by Gasteiger charge is 2.38. The van der Waals surface area contributed by atoms with Crippen LogP contribution in [0.2, 0.25) is 0 Å². The molecule has 0 aliphatic heterocycles. The molecule has 2 aromatic rings. The van der Waals surface area contributed by atoms with E-state index in [9.17, 15) is 39.5 Å². The van der Waals surface area contributed by atoms with Gasteiger partial charge in [-0.15, -0.1) is 0 Å². The van der Waals surface area contributed by atoms with Gasteiger partial charge in [-0.1, -0.05) is 18.2 Å². The summed E-state index contributed by atoms with van der Waals surface area (Å²) in [7, 11) is 0. The molecule has 0 amide bonds. The number of hydrogen-bond donors (Lipinski definition) is 3. The Kier molecular flexibility index (Phi) is 10.1. The van der Waals surface area contributed by atoms with Crippen molar-refractivity contribution in [3.05, 3.63) is 65.5 Å². The van der Waals surface area contributed by atoms with Crippen molar-refractivity contribution in [2.24, 2.45) is 5.73 Å². The minimum atomic E-state index is -5.08. The molecule has 15 heteroatoms. The molecule has 0 unspecified atom stereocenters. The maximum Gasteiger partial charge on any atom is 0.490 e. The number of rotatable bonds is 2. The Hall–Kier alpha value is -3.36. The van der Waals surface area contributed by atoms with E-state index in [-0.39, 0.29) is 0 Å². The lowest BCUT2D eigenvalue weighted by Crippen LogP contribution is -2.21. The van der Waals surface area contributed by atoms with Gasteiger partial charge < -0.3 is 15.9 Å². The first-order valence-corrected chi connectivity index (χ1v) is 7.81.